The van der Waals surface area contributed by atoms with E-state index in [0.717, 1.165) is 31.4 Å². The van der Waals surface area contributed by atoms with Gasteiger partial charge in [0.05, 0.1) is 16.1 Å². The average Bonchev–Trinajstić information content (AvgIpc) is 3.29. The SMILES string of the molecule is O=C(NCCc1cscn1)Nc1ccc(S(=O)(=O)NC2CCCC2)cc1. The molecule has 0 aliphatic heterocycles. The van der Waals surface area contributed by atoms with Crippen molar-refractivity contribution < 1.29 is 13.2 Å². The second-order valence-electron chi connectivity index (χ2n) is 6.24. The average molecular weight is 395 g/mol. The van der Waals surface area contributed by atoms with Crippen molar-refractivity contribution >= 4 is 33.1 Å². The summed E-state index contributed by atoms with van der Waals surface area (Å²) in [5, 5.41) is 7.38. The molecular formula is C17H22N4O3S2. The molecule has 0 saturated heterocycles. The van der Waals surface area contributed by atoms with Crippen LogP contribution in [0.5, 0.6) is 0 Å². The van der Waals surface area contributed by atoms with E-state index in [1.54, 1.807) is 17.6 Å². The lowest BCUT2D eigenvalue weighted by atomic mass is 10.3. The molecule has 140 valence electrons. The summed E-state index contributed by atoms with van der Waals surface area (Å²) in [7, 11) is -3.51. The Morgan fingerprint density at radius 2 is 1.92 bits per heavy atom. The lowest BCUT2D eigenvalue weighted by molar-refractivity contribution is 0.252. The number of benzene rings is 1. The van der Waals surface area contributed by atoms with E-state index < -0.39 is 10.0 Å². The molecule has 9 heteroatoms. The molecule has 1 aliphatic carbocycles. The molecular weight excluding hydrogens is 372 g/mol. The minimum Gasteiger partial charge on any atom is -0.337 e. The number of thiazole rings is 1. The molecule has 1 heterocycles. The maximum absolute atomic E-state index is 12.4. The van der Waals surface area contributed by atoms with Crippen molar-refractivity contribution in [2.24, 2.45) is 0 Å². The Balaban J connectivity index is 1.49. The van der Waals surface area contributed by atoms with Gasteiger partial charge < -0.3 is 10.6 Å². The van der Waals surface area contributed by atoms with E-state index in [2.05, 4.69) is 20.3 Å². The Morgan fingerprint density at radius 3 is 2.58 bits per heavy atom. The highest BCUT2D eigenvalue weighted by atomic mass is 32.2. The van der Waals surface area contributed by atoms with E-state index in [1.807, 2.05) is 5.38 Å². The Bertz CT molecular complexity index is 814. The number of aromatic nitrogens is 1. The van der Waals surface area contributed by atoms with E-state index in [1.165, 1.54) is 23.5 Å². The van der Waals surface area contributed by atoms with E-state index >= 15 is 0 Å². The van der Waals surface area contributed by atoms with Gasteiger partial charge in [-0.2, -0.15) is 0 Å². The number of anilines is 1. The van der Waals surface area contributed by atoms with E-state index in [-0.39, 0.29) is 17.0 Å². The van der Waals surface area contributed by atoms with Crippen molar-refractivity contribution in [3.63, 3.8) is 0 Å². The van der Waals surface area contributed by atoms with E-state index in [9.17, 15) is 13.2 Å². The zero-order chi connectivity index (χ0) is 18.4. The number of carbonyl (C=O) groups excluding carboxylic acids is 1. The second-order valence-corrected chi connectivity index (χ2v) is 8.67. The fraction of sp³-hybridized carbons (Fsp3) is 0.412. The summed E-state index contributed by atoms with van der Waals surface area (Å²) < 4.78 is 27.5. The van der Waals surface area contributed by atoms with Crippen molar-refractivity contribution in [3.05, 3.63) is 40.8 Å². The molecule has 3 rings (SSSR count). The first-order valence-corrected chi connectivity index (χ1v) is 11.0. The smallest absolute Gasteiger partial charge is 0.319 e. The normalized spacial score (nSPS) is 15.1. The fourth-order valence-corrected chi connectivity index (χ4v) is 4.79. The van der Waals surface area contributed by atoms with Crippen LogP contribution in [0.2, 0.25) is 0 Å². The molecule has 2 amide bonds. The van der Waals surface area contributed by atoms with Gasteiger partial charge in [0.2, 0.25) is 10.0 Å². The molecule has 3 N–H and O–H groups in total. The van der Waals surface area contributed by atoms with Crippen LogP contribution in [-0.2, 0) is 16.4 Å². The number of rotatable bonds is 7. The van der Waals surface area contributed by atoms with Crippen molar-refractivity contribution in [2.45, 2.75) is 43.0 Å². The van der Waals surface area contributed by atoms with Crippen LogP contribution in [0.4, 0.5) is 10.5 Å². The molecule has 0 atom stereocenters. The van der Waals surface area contributed by atoms with Gasteiger partial charge in [0.25, 0.3) is 0 Å². The highest BCUT2D eigenvalue weighted by Crippen LogP contribution is 2.21. The van der Waals surface area contributed by atoms with Crippen LogP contribution in [-0.4, -0.2) is 32.0 Å². The van der Waals surface area contributed by atoms with Crippen LogP contribution in [0.3, 0.4) is 0 Å². The summed E-state index contributed by atoms with van der Waals surface area (Å²) in [6.07, 6.45) is 4.57. The zero-order valence-electron chi connectivity index (χ0n) is 14.3. The largest absolute Gasteiger partial charge is 0.337 e. The van der Waals surface area contributed by atoms with Gasteiger partial charge in [-0.05, 0) is 37.1 Å². The monoisotopic (exact) mass is 394 g/mol. The fourth-order valence-electron chi connectivity index (χ4n) is 2.89. The Labute approximate surface area is 157 Å². The van der Waals surface area contributed by atoms with Crippen molar-refractivity contribution in [1.29, 1.82) is 0 Å². The third-order valence-electron chi connectivity index (χ3n) is 4.25. The van der Waals surface area contributed by atoms with Gasteiger partial charge in [0.15, 0.2) is 0 Å². The highest BCUT2D eigenvalue weighted by Gasteiger charge is 2.22. The summed E-state index contributed by atoms with van der Waals surface area (Å²) in [5.74, 6) is 0. The summed E-state index contributed by atoms with van der Waals surface area (Å²) in [6.45, 7) is 0.480. The first-order valence-electron chi connectivity index (χ1n) is 8.57. The van der Waals surface area contributed by atoms with E-state index in [4.69, 9.17) is 0 Å². The number of sulfonamides is 1. The molecule has 1 fully saturated rings. The van der Waals surface area contributed by atoms with Crippen LogP contribution in [0, 0.1) is 0 Å². The zero-order valence-corrected chi connectivity index (χ0v) is 15.9. The van der Waals surface area contributed by atoms with Gasteiger partial charge >= 0.3 is 6.03 Å². The van der Waals surface area contributed by atoms with Crippen molar-refractivity contribution in [3.8, 4) is 0 Å². The number of nitrogens with zero attached hydrogens (tertiary/aromatic N) is 1. The maximum Gasteiger partial charge on any atom is 0.319 e. The van der Waals surface area contributed by atoms with Crippen LogP contribution in [0.25, 0.3) is 0 Å². The summed E-state index contributed by atoms with van der Waals surface area (Å²) in [5.41, 5.74) is 3.24. The molecule has 1 aromatic carbocycles. The number of hydrogen-bond donors (Lipinski definition) is 3. The van der Waals surface area contributed by atoms with Gasteiger partial charge in [-0.3, -0.25) is 0 Å². The number of hydrogen-bond acceptors (Lipinski definition) is 5. The van der Waals surface area contributed by atoms with Crippen molar-refractivity contribution in [2.75, 3.05) is 11.9 Å². The number of nitrogens with one attached hydrogen (secondary N) is 3. The third kappa shape index (κ3) is 5.26. The molecule has 26 heavy (non-hydrogen) atoms. The Hall–Kier alpha value is -1.97. The van der Waals surface area contributed by atoms with Crippen LogP contribution < -0.4 is 15.4 Å². The van der Waals surface area contributed by atoms with Gasteiger partial charge in [0, 0.05) is 30.1 Å². The lowest BCUT2D eigenvalue weighted by Crippen LogP contribution is -2.32. The minimum absolute atomic E-state index is 0.0290. The predicted octanol–water partition coefficient (Wildman–Crippen LogP) is 2.73. The summed E-state index contributed by atoms with van der Waals surface area (Å²) in [6, 6.07) is 5.87. The first kappa shape index (κ1) is 18.8. The molecule has 1 aromatic heterocycles. The number of carbonyl (C=O) groups is 1. The molecule has 0 unspecified atom stereocenters. The Morgan fingerprint density at radius 1 is 1.19 bits per heavy atom. The quantitative estimate of drug-likeness (QED) is 0.672. The lowest BCUT2D eigenvalue weighted by Gasteiger charge is -2.13. The van der Waals surface area contributed by atoms with Crippen LogP contribution in [0.15, 0.2) is 40.1 Å². The van der Waals surface area contributed by atoms with Crippen LogP contribution in [0.1, 0.15) is 31.4 Å². The topological polar surface area (TPSA) is 100 Å². The molecule has 2 aromatic rings. The van der Waals surface area contributed by atoms with E-state index in [0.29, 0.717) is 18.7 Å². The molecule has 1 aliphatic rings. The number of urea groups is 1. The molecule has 0 spiro atoms. The molecule has 1 saturated carbocycles. The standard InChI is InChI=1S/C17H22N4O3S2/c22-17(18-10-9-15-11-25-12-19-15)20-13-5-7-16(8-6-13)26(23,24)21-14-3-1-2-4-14/h5-8,11-12,14,21H,1-4,9-10H2,(H2,18,20,22). The van der Waals surface area contributed by atoms with Crippen molar-refractivity contribution in [1.82, 2.24) is 15.0 Å². The summed E-state index contributed by atoms with van der Waals surface area (Å²) in [4.78, 5) is 16.2. The number of amides is 2. The van der Waals surface area contributed by atoms with Gasteiger partial charge in [0.1, 0.15) is 0 Å². The Kier molecular flexibility index (Phi) is 6.23. The van der Waals surface area contributed by atoms with Gasteiger partial charge in [-0.1, -0.05) is 12.8 Å². The predicted molar refractivity (Wildman–Crippen MR) is 102 cm³/mol. The summed E-state index contributed by atoms with van der Waals surface area (Å²) >= 11 is 1.52. The van der Waals surface area contributed by atoms with Gasteiger partial charge in [-0.25, -0.2) is 22.9 Å². The second kappa shape index (κ2) is 8.61. The van der Waals surface area contributed by atoms with Crippen LogP contribution >= 0.6 is 11.3 Å². The highest BCUT2D eigenvalue weighted by molar-refractivity contribution is 7.89. The molecule has 7 nitrogen and oxygen atoms in total. The third-order valence-corrected chi connectivity index (χ3v) is 6.42. The minimum atomic E-state index is -3.51. The molecule has 0 radical (unpaired) electrons. The van der Waals surface area contributed by atoms with Gasteiger partial charge in [-0.15, -0.1) is 11.3 Å². The molecule has 0 bridgehead atoms. The maximum atomic E-state index is 12.4. The first-order chi connectivity index (χ1) is 12.5.